The van der Waals surface area contributed by atoms with Crippen LogP contribution in [0.1, 0.15) is 15.4 Å². The lowest BCUT2D eigenvalue weighted by Crippen LogP contribution is -2.01. The third kappa shape index (κ3) is 2.65. The van der Waals surface area contributed by atoms with Crippen molar-refractivity contribution in [2.24, 2.45) is 0 Å². The third-order valence-electron chi connectivity index (χ3n) is 3.72. The average molecular weight is 373 g/mol. The smallest absolute Gasteiger partial charge is 0.313 e. The SMILES string of the molecule is COCn1cc(C(=O)c2nc(-c3nnc(N)o3)cs2)c2cccc(F)c21. The van der Waals surface area contributed by atoms with Gasteiger partial charge < -0.3 is 19.5 Å². The molecular formula is C16H12FN5O3S. The first-order valence-electron chi connectivity index (χ1n) is 7.44. The van der Waals surface area contributed by atoms with Crippen LogP contribution >= 0.6 is 11.3 Å². The Labute approximate surface area is 150 Å². The Morgan fingerprint density at radius 2 is 2.27 bits per heavy atom. The third-order valence-corrected chi connectivity index (χ3v) is 4.56. The highest BCUT2D eigenvalue weighted by atomic mass is 32.1. The Bertz CT molecular complexity index is 1120. The molecule has 4 rings (SSSR count). The molecule has 0 aliphatic heterocycles. The number of methoxy groups -OCH3 is 1. The van der Waals surface area contributed by atoms with Crippen molar-refractivity contribution in [2.45, 2.75) is 6.73 Å². The molecule has 8 nitrogen and oxygen atoms in total. The van der Waals surface area contributed by atoms with E-state index in [-0.39, 0.29) is 29.4 Å². The van der Waals surface area contributed by atoms with E-state index in [9.17, 15) is 9.18 Å². The first-order valence-corrected chi connectivity index (χ1v) is 8.32. The number of carbonyl (C=O) groups is 1. The molecule has 26 heavy (non-hydrogen) atoms. The fraction of sp³-hybridized carbons (Fsp3) is 0.125. The molecule has 0 saturated carbocycles. The Morgan fingerprint density at radius 1 is 1.42 bits per heavy atom. The summed E-state index contributed by atoms with van der Waals surface area (Å²) in [6.07, 6.45) is 1.56. The van der Waals surface area contributed by atoms with E-state index in [1.807, 2.05) is 0 Å². The van der Waals surface area contributed by atoms with Gasteiger partial charge in [-0.1, -0.05) is 17.2 Å². The van der Waals surface area contributed by atoms with E-state index in [1.165, 1.54) is 13.2 Å². The maximum Gasteiger partial charge on any atom is 0.313 e. The van der Waals surface area contributed by atoms with Gasteiger partial charge in [-0.05, 0) is 6.07 Å². The summed E-state index contributed by atoms with van der Waals surface area (Å²) < 4.78 is 26.0. The Morgan fingerprint density at radius 3 is 3.00 bits per heavy atom. The summed E-state index contributed by atoms with van der Waals surface area (Å²) in [5.41, 5.74) is 6.40. The Kier molecular flexibility index (Phi) is 3.98. The number of thiazole rings is 1. The van der Waals surface area contributed by atoms with Gasteiger partial charge in [0.25, 0.3) is 5.89 Å². The molecule has 0 saturated heterocycles. The number of rotatable bonds is 5. The maximum absolute atomic E-state index is 14.2. The molecular weight excluding hydrogens is 361 g/mol. The van der Waals surface area contributed by atoms with Crippen molar-refractivity contribution in [1.29, 1.82) is 0 Å². The number of nitrogen functional groups attached to an aromatic ring is 1. The summed E-state index contributed by atoms with van der Waals surface area (Å²) in [5.74, 6) is -0.635. The second-order valence-electron chi connectivity index (χ2n) is 5.38. The number of nitrogens with zero attached hydrogens (tertiary/aromatic N) is 4. The van der Waals surface area contributed by atoms with Crippen molar-refractivity contribution in [3.05, 3.63) is 46.2 Å². The molecule has 0 bridgehead atoms. The number of fused-ring (bicyclic) bond motifs is 1. The zero-order valence-electron chi connectivity index (χ0n) is 13.5. The molecule has 3 heterocycles. The summed E-state index contributed by atoms with van der Waals surface area (Å²) in [6.45, 7) is 0.120. The molecule has 0 amide bonds. The van der Waals surface area contributed by atoms with Crippen molar-refractivity contribution >= 4 is 34.0 Å². The lowest BCUT2D eigenvalue weighted by Gasteiger charge is -2.03. The molecule has 0 fully saturated rings. The lowest BCUT2D eigenvalue weighted by molar-refractivity contribution is 0.103. The average Bonchev–Trinajstić information content (AvgIpc) is 3.33. The fourth-order valence-corrected chi connectivity index (χ4v) is 3.41. The largest absolute Gasteiger partial charge is 0.402 e. The van der Waals surface area contributed by atoms with Crippen molar-refractivity contribution in [2.75, 3.05) is 12.8 Å². The van der Waals surface area contributed by atoms with E-state index >= 15 is 0 Å². The Hall–Kier alpha value is -3.11. The number of benzene rings is 1. The van der Waals surface area contributed by atoms with Crippen molar-refractivity contribution in [3.63, 3.8) is 0 Å². The van der Waals surface area contributed by atoms with Gasteiger partial charge in [0.1, 0.15) is 18.2 Å². The Balaban J connectivity index is 1.77. The summed E-state index contributed by atoms with van der Waals surface area (Å²) >= 11 is 1.13. The first kappa shape index (κ1) is 16.4. The monoisotopic (exact) mass is 373 g/mol. The number of aromatic nitrogens is 4. The quantitative estimate of drug-likeness (QED) is 0.536. The van der Waals surface area contributed by atoms with E-state index in [0.29, 0.717) is 22.2 Å². The standard InChI is InChI=1S/C16H12FN5O3S/c1-24-7-22-5-9(8-3-2-4-10(17)12(8)22)13(23)15-19-11(6-26-15)14-20-21-16(18)25-14/h2-6H,7H2,1H3,(H2,18,21). The van der Waals surface area contributed by atoms with E-state index in [1.54, 1.807) is 28.3 Å². The van der Waals surface area contributed by atoms with E-state index in [2.05, 4.69) is 15.2 Å². The molecule has 3 aromatic heterocycles. The predicted molar refractivity (Wildman–Crippen MR) is 92.2 cm³/mol. The van der Waals surface area contributed by atoms with Crippen LogP contribution in [-0.4, -0.2) is 32.6 Å². The van der Waals surface area contributed by atoms with Gasteiger partial charge in [-0.25, -0.2) is 9.37 Å². The number of para-hydroxylation sites is 1. The van der Waals surface area contributed by atoms with Gasteiger partial charge in [-0.2, -0.15) is 0 Å². The molecule has 0 unspecified atom stereocenters. The van der Waals surface area contributed by atoms with E-state index in [4.69, 9.17) is 14.9 Å². The molecule has 132 valence electrons. The number of anilines is 1. The summed E-state index contributed by atoms with van der Waals surface area (Å²) in [4.78, 5) is 17.2. The van der Waals surface area contributed by atoms with Crippen molar-refractivity contribution < 1.29 is 18.3 Å². The zero-order chi connectivity index (χ0) is 18.3. The predicted octanol–water partition coefficient (Wildman–Crippen LogP) is 2.70. The number of nitrogens with two attached hydrogens (primary N) is 1. The molecule has 0 radical (unpaired) electrons. The van der Waals surface area contributed by atoms with Crippen LogP contribution in [0.4, 0.5) is 10.4 Å². The molecule has 10 heteroatoms. The first-order chi connectivity index (χ1) is 12.6. The highest BCUT2D eigenvalue weighted by Crippen LogP contribution is 2.28. The topological polar surface area (TPSA) is 109 Å². The highest BCUT2D eigenvalue weighted by Gasteiger charge is 2.22. The van der Waals surface area contributed by atoms with Gasteiger partial charge in [0, 0.05) is 24.1 Å². The van der Waals surface area contributed by atoms with Crippen LogP contribution in [0.5, 0.6) is 0 Å². The number of ketones is 1. The van der Waals surface area contributed by atoms with E-state index < -0.39 is 5.82 Å². The van der Waals surface area contributed by atoms with Gasteiger partial charge in [0.15, 0.2) is 5.01 Å². The molecule has 2 N–H and O–H groups in total. The molecule has 0 aliphatic carbocycles. The number of carbonyl (C=O) groups excluding carboxylic acids is 1. The number of halogens is 1. The normalized spacial score (nSPS) is 11.3. The van der Waals surface area contributed by atoms with E-state index in [0.717, 1.165) is 11.3 Å². The van der Waals surface area contributed by atoms with Crippen LogP contribution in [0.2, 0.25) is 0 Å². The lowest BCUT2D eigenvalue weighted by atomic mass is 10.1. The highest BCUT2D eigenvalue weighted by molar-refractivity contribution is 7.12. The summed E-state index contributed by atoms with van der Waals surface area (Å²) in [6, 6.07) is 4.49. The molecule has 4 aromatic rings. The fourth-order valence-electron chi connectivity index (χ4n) is 2.67. The van der Waals surface area contributed by atoms with Crippen molar-refractivity contribution in [3.8, 4) is 11.6 Å². The second kappa shape index (κ2) is 6.32. The molecule has 1 aromatic carbocycles. The van der Waals surface area contributed by atoms with Crippen LogP contribution in [0.15, 0.2) is 34.2 Å². The molecule has 0 spiro atoms. The number of hydrogen-bond donors (Lipinski definition) is 1. The van der Waals surface area contributed by atoms with Gasteiger partial charge in [-0.15, -0.1) is 16.4 Å². The van der Waals surface area contributed by atoms with Crippen LogP contribution in [0, 0.1) is 5.82 Å². The maximum atomic E-state index is 14.2. The number of hydrogen-bond acceptors (Lipinski definition) is 8. The second-order valence-corrected chi connectivity index (χ2v) is 6.24. The van der Waals surface area contributed by atoms with Crippen LogP contribution in [0.25, 0.3) is 22.5 Å². The van der Waals surface area contributed by atoms with Gasteiger partial charge in [-0.3, -0.25) is 4.79 Å². The van der Waals surface area contributed by atoms with Gasteiger partial charge in [0.05, 0.1) is 11.1 Å². The minimum absolute atomic E-state index is 0.0843. The minimum Gasteiger partial charge on any atom is -0.402 e. The van der Waals surface area contributed by atoms with Gasteiger partial charge >= 0.3 is 6.01 Å². The van der Waals surface area contributed by atoms with Crippen LogP contribution in [0.3, 0.4) is 0 Å². The van der Waals surface area contributed by atoms with Gasteiger partial charge in [0.2, 0.25) is 5.78 Å². The summed E-state index contributed by atoms with van der Waals surface area (Å²) in [7, 11) is 1.50. The number of ether oxygens (including phenoxy) is 1. The summed E-state index contributed by atoms with van der Waals surface area (Å²) in [5, 5.41) is 9.64. The zero-order valence-corrected chi connectivity index (χ0v) is 14.3. The molecule has 0 atom stereocenters. The van der Waals surface area contributed by atoms with Crippen LogP contribution < -0.4 is 5.73 Å². The van der Waals surface area contributed by atoms with Crippen molar-refractivity contribution in [1.82, 2.24) is 19.7 Å². The minimum atomic E-state index is -0.431. The molecule has 0 aliphatic rings. The van der Waals surface area contributed by atoms with Crippen LogP contribution in [-0.2, 0) is 11.5 Å².